The number of aliphatic hydroxyl groups excluding tert-OH is 11. The molecule has 20 N–H and O–H groups in total. The molecule has 0 radical (unpaired) electrons. The molecule has 0 spiro atoms. The van der Waals surface area contributed by atoms with Gasteiger partial charge in [-0.1, -0.05) is 0 Å². The molecule has 6 rings (SSSR count). The maximum absolute atomic E-state index is 13.1. The van der Waals surface area contributed by atoms with E-state index >= 15 is 0 Å². The highest BCUT2D eigenvalue weighted by Gasteiger charge is 2.60. The van der Waals surface area contributed by atoms with Gasteiger partial charge in [-0.25, -0.2) is 26.9 Å². The summed E-state index contributed by atoms with van der Waals surface area (Å²) in [6.07, 6.45) is -66.6. The number of aliphatic carboxylic acids is 3. The quantitative estimate of drug-likeness (QED) is 0.0377. The van der Waals surface area contributed by atoms with Gasteiger partial charge in [0.25, 0.3) is 0 Å². The molecule has 49 heteroatoms. The number of carboxylic acid groups (broad SMARTS) is 3. The number of nitrogens with one attached hydrogen (secondary N) is 3. The third-order valence-corrected chi connectivity index (χ3v) is 15.4. The lowest BCUT2D eigenvalue weighted by molar-refractivity contribution is -0.376. The van der Waals surface area contributed by atoms with E-state index in [1.165, 1.54) is 0 Å². The smallest absolute Gasteiger partial charge is 0.397 e. The Morgan fingerprint density at radius 1 is 0.341 bits per heavy atom. The molecule has 6 heterocycles. The molecule has 6 aliphatic rings. The largest absolute Gasteiger partial charge is 0.479 e. The summed E-state index contributed by atoms with van der Waals surface area (Å²) in [6, 6.07) is -6.37. The number of aliphatic hydroxyl groups is 11. The van der Waals surface area contributed by atoms with E-state index in [-0.39, 0.29) is 0 Å². The van der Waals surface area contributed by atoms with Gasteiger partial charge in [0.15, 0.2) is 56.1 Å². The number of carbonyl (C=O) groups excluding carboxylic acids is 3. The van der Waals surface area contributed by atoms with Crippen molar-refractivity contribution in [3.05, 3.63) is 0 Å². The number of amides is 3. The van der Waals surface area contributed by atoms with Gasteiger partial charge in [0, 0.05) is 20.8 Å². The van der Waals surface area contributed by atoms with Gasteiger partial charge in [-0.05, 0) is 0 Å². The molecule has 0 aromatic heterocycles. The Balaban J connectivity index is 1.32. The molecule has 46 nitrogen and oxygen atoms in total. The lowest BCUT2D eigenvalue weighted by Crippen LogP contribution is -2.71. The first-order valence-corrected chi connectivity index (χ1v) is 30.1. The lowest BCUT2D eigenvalue weighted by atomic mass is 9.93. The second-order valence-electron chi connectivity index (χ2n) is 20.7. The summed E-state index contributed by atoms with van der Waals surface area (Å²) in [5.41, 5.74) is 0. The average Bonchev–Trinajstić information content (AvgIpc) is 0.808. The summed E-state index contributed by atoms with van der Waals surface area (Å²) in [4.78, 5) is 75.7. The number of hydrogen-bond donors (Lipinski definition) is 20. The molecule has 0 aliphatic carbocycles. The van der Waals surface area contributed by atoms with E-state index < -0.39 is 271 Å². The second kappa shape index (κ2) is 30.5. The predicted octanol–water partition coefficient (Wildman–Crippen LogP) is -13.9. The highest BCUT2D eigenvalue weighted by atomic mass is 32.3. The van der Waals surface area contributed by atoms with Gasteiger partial charge in [0.05, 0.1) is 19.8 Å². The summed E-state index contributed by atoms with van der Waals surface area (Å²) >= 11 is 0. The van der Waals surface area contributed by atoms with Crippen LogP contribution in [0.2, 0.25) is 0 Å². The van der Waals surface area contributed by atoms with Crippen molar-refractivity contribution in [3.63, 3.8) is 0 Å². The molecule has 0 aromatic rings. The van der Waals surface area contributed by atoms with Gasteiger partial charge in [-0.2, -0.15) is 25.3 Å². The summed E-state index contributed by atoms with van der Waals surface area (Å²) < 4.78 is 171. The monoisotopic (exact) mass is 1400 g/mol. The zero-order valence-corrected chi connectivity index (χ0v) is 48.8. The van der Waals surface area contributed by atoms with E-state index in [0.717, 1.165) is 20.8 Å². The van der Waals surface area contributed by atoms with Gasteiger partial charge in [-0.3, -0.25) is 28.0 Å². The number of rotatable bonds is 25. The van der Waals surface area contributed by atoms with Crippen LogP contribution in [-0.4, -0.2) is 350 Å². The third kappa shape index (κ3) is 18.9. The third-order valence-electron chi connectivity index (χ3n) is 14.1. The second-order valence-corrected chi connectivity index (χ2v) is 23.9. The summed E-state index contributed by atoms with van der Waals surface area (Å²) in [5, 5.41) is 160. The zero-order chi connectivity index (χ0) is 68.4. The Morgan fingerprint density at radius 2 is 0.615 bits per heavy atom. The molecule has 0 saturated carbocycles. The van der Waals surface area contributed by atoms with Gasteiger partial charge in [-0.15, -0.1) is 0 Å². The summed E-state index contributed by atoms with van der Waals surface area (Å²) in [7, 11) is -16.2. The van der Waals surface area contributed by atoms with Crippen LogP contribution in [0, 0.1) is 0 Å². The van der Waals surface area contributed by atoms with E-state index in [9.17, 15) is 135 Å². The minimum absolute atomic E-state index is 0.756. The molecule has 30 atom stereocenters. The Labute approximate surface area is 510 Å². The van der Waals surface area contributed by atoms with E-state index in [4.69, 9.17) is 56.7 Å². The topological polar surface area (TPSA) is 714 Å². The molecule has 524 valence electrons. The van der Waals surface area contributed by atoms with Crippen LogP contribution in [0.25, 0.3) is 0 Å². The number of hydrogen-bond acceptors (Lipinski definition) is 37. The molecule has 6 aliphatic heterocycles. The van der Waals surface area contributed by atoms with E-state index in [2.05, 4.69) is 28.5 Å². The van der Waals surface area contributed by atoms with Gasteiger partial charge in [0.2, 0.25) is 17.7 Å². The minimum atomic E-state index is -5.53. The Bertz CT molecular complexity index is 2920. The summed E-state index contributed by atoms with van der Waals surface area (Å²) in [6.45, 7) is -1.81. The summed E-state index contributed by atoms with van der Waals surface area (Å²) in [5.74, 6) is -9.56. The fourth-order valence-corrected chi connectivity index (χ4v) is 11.0. The normalized spacial score (nSPS) is 42.6. The standard InChI is InChI=1S/C42H65N3O43S3/c1-7(46)43-13-26(16(49)10(78-37(13)65)4-75-89(66,67)68)81-41-24(57)21(54)29(32(87-41)35(61)62)84-39-15(45-9(3)48)28(18(51)12(80-39)6-77-91(72,73)74)83-42-25(58)22(55)30(33(88-42)36(63)64)85-38-14(44-8(2)47)27(17(50)11(79-38)5-76-90(69,70)71)82-40-23(56)19(52)20(53)31(86-40)34(59)60/h10-33,37-42,49-58,65H,4-6H2,1-3H3,(H,43,46)(H,44,47)(H,45,48)(H,59,60)(H,61,62)(H,63,64)(H,66,67,68)(H,69,70,71)(H,72,73,74)/t10-,11-,12-,13-,14-,15-,16+,17+,18+,19+,20+,21-,22-,23-,24-,25-,26-,27-,28-,29+,30+,31+,32+,33+,37-,38+,39+,40-,41-,42-/m1/s1. The Kier molecular flexibility index (Phi) is 25.3. The van der Waals surface area contributed by atoms with Gasteiger partial charge >= 0.3 is 49.1 Å². The zero-order valence-electron chi connectivity index (χ0n) is 46.4. The minimum Gasteiger partial charge on any atom is -0.479 e. The maximum Gasteiger partial charge on any atom is 0.397 e. The SMILES string of the molecule is CC(=O)N[C@@H]1[C@@H](O[C@@H]2O[C@H](C(=O)O)[C@@H](O[C@@H]3O[C@H](COS(=O)(=O)O)[C@H](O)[C@H](O[C@@H]4O[C@H](C(=O)O)[C@@H](O[C@@H]5O[C@H](COS(=O)(=O)O)[C@H](O)[C@H](O[C@@H]6O[C@H](C(=O)O)[C@@H](O)[C@H](O)[C@H]6O)[C@H]5NC(C)=O)[C@H](O)[C@H]4O)[C@H]3NC(C)=O)[C@H](O)[C@H]2O)[C@@H](O)[C@@H](COS(=O)(=O)O)O[C@H]1O. The fraction of sp³-hybridized carbons (Fsp3) is 0.857. The molecular weight excluding hydrogens is 1330 g/mol. The van der Waals surface area contributed by atoms with Gasteiger partial charge in [0.1, 0.15) is 128 Å². The number of ether oxygens (including phenoxy) is 11. The molecule has 0 unspecified atom stereocenters. The predicted molar refractivity (Wildman–Crippen MR) is 267 cm³/mol. The first kappa shape index (κ1) is 75.6. The van der Waals surface area contributed by atoms with Crippen LogP contribution in [0.1, 0.15) is 20.8 Å². The molecule has 6 fully saturated rings. The Hall–Kier alpha value is -4.45. The van der Waals surface area contributed by atoms with Crippen LogP contribution in [-0.2, 0) is 125 Å². The molecule has 0 aromatic carbocycles. The van der Waals surface area contributed by atoms with Crippen molar-refractivity contribution < 1.29 is 204 Å². The van der Waals surface area contributed by atoms with Crippen LogP contribution >= 0.6 is 0 Å². The maximum atomic E-state index is 13.1. The molecule has 6 saturated heterocycles. The van der Waals surface area contributed by atoms with Crippen molar-refractivity contribution in [2.45, 2.75) is 205 Å². The molecule has 3 amide bonds. The van der Waals surface area contributed by atoms with Crippen LogP contribution in [0.4, 0.5) is 0 Å². The van der Waals surface area contributed by atoms with Crippen LogP contribution in [0.3, 0.4) is 0 Å². The van der Waals surface area contributed by atoms with E-state index in [1.54, 1.807) is 0 Å². The van der Waals surface area contributed by atoms with Crippen LogP contribution < -0.4 is 16.0 Å². The first-order chi connectivity index (χ1) is 42.0. The van der Waals surface area contributed by atoms with Gasteiger partial charge < -0.3 is 140 Å². The highest BCUT2D eigenvalue weighted by Crippen LogP contribution is 2.38. The van der Waals surface area contributed by atoms with Crippen molar-refractivity contribution in [2.24, 2.45) is 0 Å². The number of carbonyl (C=O) groups is 6. The van der Waals surface area contributed by atoms with Crippen molar-refractivity contribution in [2.75, 3.05) is 19.8 Å². The Morgan fingerprint density at radius 3 is 0.923 bits per heavy atom. The molecule has 91 heavy (non-hydrogen) atoms. The number of carboxylic acids is 3. The molecular formula is C42H65N3O43S3. The average molecular weight is 1400 g/mol. The fourth-order valence-electron chi connectivity index (χ4n) is 10.1. The van der Waals surface area contributed by atoms with Crippen LogP contribution in [0.5, 0.6) is 0 Å². The highest BCUT2D eigenvalue weighted by molar-refractivity contribution is 7.81. The van der Waals surface area contributed by atoms with E-state index in [1.807, 2.05) is 0 Å². The van der Waals surface area contributed by atoms with Crippen molar-refractivity contribution in [3.8, 4) is 0 Å². The van der Waals surface area contributed by atoms with Crippen molar-refractivity contribution in [1.29, 1.82) is 0 Å². The van der Waals surface area contributed by atoms with E-state index in [0.29, 0.717) is 0 Å². The van der Waals surface area contributed by atoms with Crippen molar-refractivity contribution in [1.82, 2.24) is 16.0 Å². The van der Waals surface area contributed by atoms with Crippen molar-refractivity contribution >= 4 is 66.8 Å². The lowest BCUT2D eigenvalue weighted by Gasteiger charge is -2.50. The van der Waals surface area contributed by atoms with Crippen LogP contribution in [0.15, 0.2) is 0 Å². The first-order valence-electron chi connectivity index (χ1n) is 26.0. The molecule has 0 bridgehead atoms.